The average molecular weight is 908 g/mol. The van der Waals surface area contributed by atoms with Gasteiger partial charge >= 0.3 is 0 Å². The lowest BCUT2D eigenvalue weighted by Crippen LogP contribution is -2.74. The van der Waals surface area contributed by atoms with E-state index in [-0.39, 0.29) is 0 Å². The maximum absolute atomic E-state index is 3.02. The Kier molecular flexibility index (Phi) is 9.23. The molecule has 0 unspecified atom stereocenters. The SMILES string of the molecule is c1ccc(-n2c3ccccc3c3cc(-c4cccc([Si](c5ccccc5)(c5ccccc5)c5cccc(-n6c7ccccc7c7c6ccc6c8ccccc8n(-c8ccccc8)c67)c5)c4)ccc32)cc1. The maximum Gasteiger partial charge on any atom is 0.179 e. The molecular formula is C66H45N3Si. The molecule has 0 atom stereocenters. The van der Waals surface area contributed by atoms with E-state index < -0.39 is 8.07 Å². The van der Waals surface area contributed by atoms with Crippen molar-refractivity contribution in [3.63, 3.8) is 0 Å². The molecule has 3 nitrogen and oxygen atoms in total. The molecule has 70 heavy (non-hydrogen) atoms. The van der Waals surface area contributed by atoms with Crippen molar-refractivity contribution in [2.75, 3.05) is 0 Å². The third-order valence-electron chi connectivity index (χ3n) is 14.8. The van der Waals surface area contributed by atoms with Crippen LogP contribution in [0.3, 0.4) is 0 Å². The van der Waals surface area contributed by atoms with Gasteiger partial charge in [-0.25, -0.2) is 0 Å². The number of nitrogens with zero attached hydrogens (tertiary/aromatic N) is 3. The molecule has 14 aromatic rings. The Balaban J connectivity index is 1.01. The van der Waals surface area contributed by atoms with E-state index in [4.69, 9.17) is 0 Å². The van der Waals surface area contributed by atoms with Gasteiger partial charge in [-0.1, -0.05) is 200 Å². The van der Waals surface area contributed by atoms with Gasteiger partial charge in [0.1, 0.15) is 0 Å². The Labute approximate surface area is 407 Å². The zero-order valence-electron chi connectivity index (χ0n) is 38.3. The van der Waals surface area contributed by atoms with Gasteiger partial charge in [0.15, 0.2) is 8.07 Å². The van der Waals surface area contributed by atoms with Gasteiger partial charge in [-0.3, -0.25) is 0 Å². The third kappa shape index (κ3) is 6.00. The van der Waals surface area contributed by atoms with Crippen molar-refractivity contribution in [2.45, 2.75) is 0 Å². The molecule has 0 fully saturated rings. The van der Waals surface area contributed by atoms with Gasteiger partial charge < -0.3 is 13.7 Å². The van der Waals surface area contributed by atoms with Crippen LogP contribution in [0.15, 0.2) is 273 Å². The van der Waals surface area contributed by atoms with Crippen molar-refractivity contribution in [3.05, 3.63) is 273 Å². The van der Waals surface area contributed by atoms with Gasteiger partial charge in [-0.05, 0) is 105 Å². The van der Waals surface area contributed by atoms with Gasteiger partial charge in [-0.2, -0.15) is 0 Å². The summed E-state index contributed by atoms with van der Waals surface area (Å²) in [5.41, 5.74) is 13.1. The summed E-state index contributed by atoms with van der Waals surface area (Å²) in [6.07, 6.45) is 0. The van der Waals surface area contributed by atoms with Crippen molar-refractivity contribution >= 4 is 94.2 Å². The fraction of sp³-hybridized carbons (Fsp3) is 0. The van der Waals surface area contributed by atoms with Gasteiger partial charge in [0, 0.05) is 49.4 Å². The molecule has 0 aliphatic heterocycles. The summed E-state index contributed by atoms with van der Waals surface area (Å²) in [6, 6.07) is 101. The van der Waals surface area contributed by atoms with Crippen molar-refractivity contribution in [3.8, 4) is 28.2 Å². The first-order valence-corrected chi connectivity index (χ1v) is 26.2. The number of benzene rings is 11. The van der Waals surface area contributed by atoms with E-state index >= 15 is 0 Å². The lowest BCUT2D eigenvalue weighted by atomic mass is 10.0. The second-order valence-corrected chi connectivity index (χ2v) is 22.2. The van der Waals surface area contributed by atoms with Gasteiger partial charge in [-0.15, -0.1) is 0 Å². The smallest absolute Gasteiger partial charge is 0.179 e. The normalized spacial score (nSPS) is 12.0. The Morgan fingerprint density at radius 2 is 0.657 bits per heavy atom. The largest absolute Gasteiger partial charge is 0.309 e. The van der Waals surface area contributed by atoms with Gasteiger partial charge in [0.05, 0.1) is 33.1 Å². The van der Waals surface area contributed by atoms with Crippen molar-refractivity contribution in [1.82, 2.24) is 13.7 Å². The maximum atomic E-state index is 2.51. The molecule has 0 saturated heterocycles. The van der Waals surface area contributed by atoms with Crippen LogP contribution in [0.5, 0.6) is 0 Å². The lowest BCUT2D eigenvalue weighted by molar-refractivity contribution is 1.18. The van der Waals surface area contributed by atoms with Crippen molar-refractivity contribution in [2.24, 2.45) is 0 Å². The summed E-state index contributed by atoms with van der Waals surface area (Å²) in [5.74, 6) is 0. The Bertz CT molecular complexity index is 4240. The number of hydrogen-bond donors (Lipinski definition) is 0. The fourth-order valence-corrected chi connectivity index (χ4v) is 16.6. The second kappa shape index (κ2) is 16.1. The minimum atomic E-state index is -3.02. The second-order valence-electron chi connectivity index (χ2n) is 18.4. The quantitative estimate of drug-likeness (QED) is 0.107. The highest BCUT2D eigenvalue weighted by Gasteiger charge is 2.42. The first kappa shape index (κ1) is 40.1. The predicted molar refractivity (Wildman–Crippen MR) is 299 cm³/mol. The molecule has 3 heterocycles. The number of aromatic nitrogens is 3. The summed E-state index contributed by atoms with van der Waals surface area (Å²) in [5, 5.41) is 12.8. The van der Waals surface area contributed by atoms with Crippen molar-refractivity contribution < 1.29 is 0 Å². The molecule has 11 aromatic carbocycles. The highest BCUT2D eigenvalue weighted by atomic mass is 28.3. The summed E-state index contributed by atoms with van der Waals surface area (Å²) < 4.78 is 7.37. The molecule has 328 valence electrons. The molecule has 0 spiro atoms. The van der Waals surface area contributed by atoms with E-state index in [1.807, 2.05) is 0 Å². The average Bonchev–Trinajstić information content (AvgIpc) is 4.08. The Morgan fingerprint density at radius 1 is 0.229 bits per heavy atom. The molecule has 0 amide bonds. The van der Waals surface area contributed by atoms with E-state index in [9.17, 15) is 0 Å². The van der Waals surface area contributed by atoms with Gasteiger partial charge in [0.25, 0.3) is 0 Å². The van der Waals surface area contributed by atoms with Crippen LogP contribution in [-0.4, -0.2) is 21.8 Å². The molecule has 0 radical (unpaired) electrons. The highest BCUT2D eigenvalue weighted by molar-refractivity contribution is 7.20. The van der Waals surface area contributed by atoms with E-state index in [1.54, 1.807) is 0 Å². The Morgan fingerprint density at radius 3 is 1.31 bits per heavy atom. The van der Waals surface area contributed by atoms with E-state index in [0.29, 0.717) is 0 Å². The molecule has 0 bridgehead atoms. The Hall–Kier alpha value is -8.96. The first-order chi connectivity index (χ1) is 34.8. The molecule has 0 saturated carbocycles. The zero-order valence-corrected chi connectivity index (χ0v) is 39.3. The molecule has 4 heteroatoms. The number of fused-ring (bicyclic) bond motifs is 10. The summed E-state index contributed by atoms with van der Waals surface area (Å²) in [6.45, 7) is 0. The third-order valence-corrected chi connectivity index (χ3v) is 19.5. The van der Waals surface area contributed by atoms with E-state index in [0.717, 1.165) is 17.1 Å². The number of para-hydroxylation sites is 5. The van der Waals surface area contributed by atoms with Crippen LogP contribution in [0, 0.1) is 0 Å². The van der Waals surface area contributed by atoms with Crippen molar-refractivity contribution in [1.29, 1.82) is 0 Å². The molecule has 3 aromatic heterocycles. The monoisotopic (exact) mass is 907 g/mol. The predicted octanol–water partition coefficient (Wildman–Crippen LogP) is 14.0. The molecule has 0 N–H and O–H groups in total. The molecule has 0 aliphatic carbocycles. The number of rotatable bonds is 8. The minimum absolute atomic E-state index is 1.14. The van der Waals surface area contributed by atoms with Crippen LogP contribution in [0.4, 0.5) is 0 Å². The zero-order chi connectivity index (χ0) is 46.2. The van der Waals surface area contributed by atoms with Crippen LogP contribution < -0.4 is 20.7 Å². The summed E-state index contributed by atoms with van der Waals surface area (Å²) in [4.78, 5) is 0. The minimum Gasteiger partial charge on any atom is -0.309 e. The van der Waals surface area contributed by atoms with Crippen LogP contribution >= 0.6 is 0 Å². The first-order valence-electron chi connectivity index (χ1n) is 24.2. The van der Waals surface area contributed by atoms with Crippen LogP contribution in [0.2, 0.25) is 0 Å². The molecular weight excluding hydrogens is 863 g/mol. The highest BCUT2D eigenvalue weighted by Crippen LogP contribution is 2.42. The van der Waals surface area contributed by atoms with Crippen LogP contribution in [0.1, 0.15) is 0 Å². The topological polar surface area (TPSA) is 14.8 Å². The molecule has 14 rings (SSSR count). The molecule has 0 aliphatic rings. The lowest BCUT2D eigenvalue weighted by Gasteiger charge is -2.35. The van der Waals surface area contributed by atoms with E-state index in [1.165, 1.54) is 97.3 Å². The summed E-state index contributed by atoms with van der Waals surface area (Å²) >= 11 is 0. The summed E-state index contributed by atoms with van der Waals surface area (Å²) in [7, 11) is -3.02. The standard InChI is InChI=1S/C66H45N3Si/c1-5-22-48(23-6-1)67-60-36-16-14-34-56(60)59-44-47(39-41-63(59)67)46-21-19-31-53(43-46)70(51-27-9-3-10-28-51,52-29-11-4-12-30-52)54-32-20-26-50(45-54)68-62-38-18-15-35-58(62)65-64(68)42-40-57-55-33-13-17-37-61(55)69(66(57)65)49-24-7-2-8-25-49/h1-45H. The fourth-order valence-electron chi connectivity index (χ4n) is 11.8. The number of hydrogen-bond acceptors (Lipinski definition) is 0. The van der Waals surface area contributed by atoms with Crippen LogP contribution in [-0.2, 0) is 0 Å². The van der Waals surface area contributed by atoms with Gasteiger partial charge in [0.2, 0.25) is 0 Å². The van der Waals surface area contributed by atoms with Crippen LogP contribution in [0.25, 0.3) is 93.6 Å². The van der Waals surface area contributed by atoms with E-state index in [2.05, 4.69) is 287 Å².